The Kier molecular flexibility index (Phi) is 4.81. The maximum atomic E-state index is 13.3. The third-order valence-corrected chi connectivity index (χ3v) is 4.62. The van der Waals surface area contributed by atoms with Crippen LogP contribution in [-0.4, -0.2) is 28.0 Å². The summed E-state index contributed by atoms with van der Waals surface area (Å²) in [6.07, 6.45) is -4.68. The molecule has 26 heavy (non-hydrogen) atoms. The number of piperidine rings is 1. The predicted octanol–water partition coefficient (Wildman–Crippen LogP) is 4.70. The van der Waals surface area contributed by atoms with E-state index in [0.717, 1.165) is 18.2 Å². The van der Waals surface area contributed by atoms with Crippen LogP contribution in [-0.2, 0) is 6.18 Å². The van der Waals surface area contributed by atoms with Gasteiger partial charge in [0.25, 0.3) is 6.43 Å². The zero-order chi connectivity index (χ0) is 19.1. The number of halogens is 5. The van der Waals surface area contributed by atoms with Crippen molar-refractivity contribution in [3.8, 4) is 5.75 Å². The monoisotopic (exact) mass is 375 g/mol. The summed E-state index contributed by atoms with van der Waals surface area (Å²) in [5.41, 5.74) is -0.619. The lowest BCUT2D eigenvalue weighted by molar-refractivity contribution is -0.137. The second kappa shape index (κ2) is 6.77. The zero-order valence-corrected chi connectivity index (χ0v) is 14.0. The van der Waals surface area contributed by atoms with Crippen LogP contribution in [0.3, 0.4) is 0 Å². The van der Waals surface area contributed by atoms with Gasteiger partial charge in [0.2, 0.25) is 0 Å². The van der Waals surface area contributed by atoms with Gasteiger partial charge in [0, 0.05) is 13.1 Å². The standard InChI is InChI=1S/C17H18F5N3O/c1-10-8-23-25(15(10)16(18)19)12-3-2-6-24(9-12)13-7-11(17(20,21)22)4-5-14(13)26/h4-5,7-8,12,16,26H,2-3,6,9H2,1H3. The molecule has 0 radical (unpaired) electrons. The fourth-order valence-corrected chi connectivity index (χ4v) is 3.35. The molecular weight excluding hydrogens is 357 g/mol. The molecule has 1 aromatic heterocycles. The number of aryl methyl sites for hydroxylation is 1. The molecule has 142 valence electrons. The summed E-state index contributed by atoms with van der Waals surface area (Å²) in [5, 5.41) is 14.0. The lowest BCUT2D eigenvalue weighted by atomic mass is 10.0. The maximum absolute atomic E-state index is 13.3. The molecule has 2 aromatic rings. The smallest absolute Gasteiger partial charge is 0.416 e. The fraction of sp³-hybridized carbons (Fsp3) is 0.471. The summed E-state index contributed by atoms with van der Waals surface area (Å²) in [6, 6.07) is 2.30. The minimum Gasteiger partial charge on any atom is -0.506 e. The van der Waals surface area contributed by atoms with Gasteiger partial charge in [-0.05, 0) is 43.5 Å². The number of hydrogen-bond acceptors (Lipinski definition) is 3. The summed E-state index contributed by atoms with van der Waals surface area (Å²) >= 11 is 0. The minimum absolute atomic E-state index is 0.0481. The number of hydrogen-bond donors (Lipinski definition) is 1. The molecule has 9 heteroatoms. The van der Waals surface area contributed by atoms with Crippen LogP contribution in [0.4, 0.5) is 27.6 Å². The summed E-state index contributed by atoms with van der Waals surface area (Å²) in [4.78, 5) is 1.59. The summed E-state index contributed by atoms with van der Waals surface area (Å²) in [6.45, 7) is 2.16. The molecule has 1 N–H and O–H groups in total. The van der Waals surface area contributed by atoms with Crippen molar-refractivity contribution in [2.75, 3.05) is 18.0 Å². The normalized spacial score (nSPS) is 18.6. The summed E-state index contributed by atoms with van der Waals surface area (Å²) in [5.74, 6) is -0.274. The van der Waals surface area contributed by atoms with Gasteiger partial charge in [0.05, 0.1) is 23.5 Å². The van der Waals surface area contributed by atoms with Crippen molar-refractivity contribution < 1.29 is 27.1 Å². The average Bonchev–Trinajstić information content (AvgIpc) is 2.96. The van der Waals surface area contributed by atoms with E-state index in [0.29, 0.717) is 24.9 Å². The molecule has 0 spiro atoms. The van der Waals surface area contributed by atoms with E-state index in [-0.39, 0.29) is 23.7 Å². The van der Waals surface area contributed by atoms with E-state index in [1.165, 1.54) is 10.9 Å². The SMILES string of the molecule is Cc1cnn(C2CCCN(c3cc(C(F)(F)F)ccc3O)C2)c1C(F)F. The van der Waals surface area contributed by atoms with E-state index < -0.39 is 24.2 Å². The highest BCUT2D eigenvalue weighted by Gasteiger charge is 2.33. The third-order valence-electron chi connectivity index (χ3n) is 4.62. The van der Waals surface area contributed by atoms with Crippen LogP contribution in [0.15, 0.2) is 24.4 Å². The Balaban J connectivity index is 1.90. The number of benzene rings is 1. The van der Waals surface area contributed by atoms with Gasteiger partial charge in [-0.25, -0.2) is 8.78 Å². The molecule has 4 nitrogen and oxygen atoms in total. The van der Waals surface area contributed by atoms with E-state index in [2.05, 4.69) is 5.10 Å². The molecule has 1 unspecified atom stereocenters. The van der Waals surface area contributed by atoms with Crippen molar-refractivity contribution in [1.29, 1.82) is 0 Å². The number of phenolic OH excluding ortho intramolecular Hbond substituents is 1. The van der Waals surface area contributed by atoms with Gasteiger partial charge in [-0.1, -0.05) is 0 Å². The zero-order valence-electron chi connectivity index (χ0n) is 14.0. The van der Waals surface area contributed by atoms with Crippen LogP contribution >= 0.6 is 0 Å². The van der Waals surface area contributed by atoms with Gasteiger partial charge >= 0.3 is 6.18 Å². The molecular formula is C17H18F5N3O. The van der Waals surface area contributed by atoms with Crippen LogP contribution in [0.25, 0.3) is 0 Å². The molecule has 0 aliphatic carbocycles. The van der Waals surface area contributed by atoms with Crippen molar-refractivity contribution in [3.63, 3.8) is 0 Å². The molecule has 1 aliphatic rings. The predicted molar refractivity (Wildman–Crippen MR) is 85.5 cm³/mol. The van der Waals surface area contributed by atoms with Gasteiger partial charge in [0.15, 0.2) is 0 Å². The Hall–Kier alpha value is -2.32. The molecule has 3 rings (SSSR count). The maximum Gasteiger partial charge on any atom is 0.416 e. The Morgan fingerprint density at radius 1 is 1.27 bits per heavy atom. The summed E-state index contributed by atoms with van der Waals surface area (Å²) < 4.78 is 66.7. The van der Waals surface area contributed by atoms with Crippen LogP contribution in [0.5, 0.6) is 5.75 Å². The van der Waals surface area contributed by atoms with Crippen LogP contribution in [0.2, 0.25) is 0 Å². The van der Waals surface area contributed by atoms with E-state index in [9.17, 15) is 27.1 Å². The first-order valence-corrected chi connectivity index (χ1v) is 8.15. The van der Waals surface area contributed by atoms with Crippen LogP contribution in [0.1, 0.15) is 42.1 Å². The number of alkyl halides is 5. The second-order valence-electron chi connectivity index (χ2n) is 6.40. The Bertz CT molecular complexity index is 787. The molecule has 0 amide bonds. The highest BCUT2D eigenvalue weighted by molar-refractivity contribution is 5.60. The van der Waals surface area contributed by atoms with E-state index in [1.807, 2.05) is 0 Å². The highest BCUT2D eigenvalue weighted by atomic mass is 19.4. The van der Waals surface area contributed by atoms with E-state index >= 15 is 0 Å². The Labute approximate surface area is 146 Å². The molecule has 0 bridgehead atoms. The van der Waals surface area contributed by atoms with Gasteiger partial charge < -0.3 is 10.0 Å². The fourth-order valence-electron chi connectivity index (χ4n) is 3.35. The topological polar surface area (TPSA) is 41.3 Å². The van der Waals surface area contributed by atoms with Crippen LogP contribution < -0.4 is 4.90 Å². The van der Waals surface area contributed by atoms with Crippen LogP contribution in [0, 0.1) is 6.92 Å². The molecule has 2 heterocycles. The van der Waals surface area contributed by atoms with Crippen molar-refractivity contribution in [2.24, 2.45) is 0 Å². The average molecular weight is 375 g/mol. The van der Waals surface area contributed by atoms with Crippen molar-refractivity contribution in [1.82, 2.24) is 9.78 Å². The summed E-state index contributed by atoms with van der Waals surface area (Å²) in [7, 11) is 0. The number of rotatable bonds is 3. The highest BCUT2D eigenvalue weighted by Crippen LogP contribution is 2.38. The first-order valence-electron chi connectivity index (χ1n) is 8.15. The molecule has 1 aliphatic heterocycles. The third kappa shape index (κ3) is 3.47. The second-order valence-corrected chi connectivity index (χ2v) is 6.40. The minimum atomic E-state index is -4.53. The lowest BCUT2D eigenvalue weighted by Crippen LogP contribution is -2.37. The lowest BCUT2D eigenvalue weighted by Gasteiger charge is -2.35. The Morgan fingerprint density at radius 3 is 2.65 bits per heavy atom. The molecule has 1 atom stereocenters. The molecule has 1 saturated heterocycles. The number of nitrogens with zero attached hydrogens (tertiary/aromatic N) is 3. The van der Waals surface area contributed by atoms with Gasteiger partial charge in [-0.2, -0.15) is 18.3 Å². The number of phenols is 1. The molecule has 0 saturated carbocycles. The van der Waals surface area contributed by atoms with Crippen molar-refractivity contribution in [3.05, 3.63) is 41.2 Å². The van der Waals surface area contributed by atoms with Crippen molar-refractivity contribution >= 4 is 5.69 Å². The Morgan fingerprint density at radius 2 is 2.00 bits per heavy atom. The van der Waals surface area contributed by atoms with Crippen molar-refractivity contribution in [2.45, 2.75) is 38.4 Å². The number of aromatic nitrogens is 2. The molecule has 1 aromatic carbocycles. The van der Waals surface area contributed by atoms with Gasteiger partial charge in [-0.3, -0.25) is 4.68 Å². The van der Waals surface area contributed by atoms with E-state index in [1.54, 1.807) is 11.8 Å². The van der Waals surface area contributed by atoms with Gasteiger partial charge in [-0.15, -0.1) is 0 Å². The first-order chi connectivity index (χ1) is 12.2. The first kappa shape index (κ1) is 18.5. The number of aromatic hydroxyl groups is 1. The quantitative estimate of drug-likeness (QED) is 0.791. The van der Waals surface area contributed by atoms with E-state index in [4.69, 9.17) is 0 Å². The van der Waals surface area contributed by atoms with Gasteiger partial charge in [0.1, 0.15) is 11.4 Å². The molecule has 1 fully saturated rings. The number of anilines is 1. The largest absolute Gasteiger partial charge is 0.506 e.